The summed E-state index contributed by atoms with van der Waals surface area (Å²) in [5.74, 6) is 0. The summed E-state index contributed by atoms with van der Waals surface area (Å²) in [7, 11) is 0. The Hall–Kier alpha value is -0.980. The minimum Gasteiger partial charge on any atom is -0.515 e. The molecule has 0 amide bonds. The number of hydrogen-bond acceptors (Lipinski definition) is 1. The highest BCUT2D eigenvalue weighted by Gasteiger charge is 1.86. The zero-order valence-corrected chi connectivity index (χ0v) is 3.83. The maximum absolute atomic E-state index is 8.30. The lowest BCUT2D eigenvalue weighted by atomic mass is 10.3. The Balaban J connectivity index is 2.79. The standard InChI is InChI=1S/C6H6O/c7-5-6-3-1-2-4-6/h1-5,7H. The Bertz CT molecular complexity index is 126. The average Bonchev–Trinajstić information content (AvgIpc) is 2.14. The molecule has 0 aromatic carbocycles. The van der Waals surface area contributed by atoms with Crippen molar-refractivity contribution in [3.63, 3.8) is 0 Å². The van der Waals surface area contributed by atoms with Gasteiger partial charge in [-0.3, -0.25) is 0 Å². The van der Waals surface area contributed by atoms with Gasteiger partial charge in [-0.15, -0.1) is 0 Å². The molecule has 0 aromatic heterocycles. The van der Waals surface area contributed by atoms with Gasteiger partial charge in [-0.2, -0.15) is 0 Å². The fourth-order valence-corrected chi connectivity index (χ4v) is 0.475. The summed E-state index contributed by atoms with van der Waals surface area (Å²) >= 11 is 0. The highest BCUT2D eigenvalue weighted by Crippen LogP contribution is 2.03. The third-order valence-corrected chi connectivity index (χ3v) is 0.838. The quantitative estimate of drug-likeness (QED) is 0.451. The van der Waals surface area contributed by atoms with E-state index < -0.39 is 0 Å². The van der Waals surface area contributed by atoms with Crippen LogP contribution in [-0.2, 0) is 0 Å². The topological polar surface area (TPSA) is 20.2 Å². The molecule has 0 bridgehead atoms. The molecule has 0 saturated heterocycles. The van der Waals surface area contributed by atoms with Crippen LogP contribution in [0.25, 0.3) is 0 Å². The fraction of sp³-hybridized carbons (Fsp3) is 0. The first-order valence-corrected chi connectivity index (χ1v) is 2.12. The van der Waals surface area contributed by atoms with Gasteiger partial charge in [0.25, 0.3) is 0 Å². The molecule has 7 heavy (non-hydrogen) atoms. The maximum atomic E-state index is 8.30. The largest absolute Gasteiger partial charge is 0.515 e. The number of allylic oxidation sites excluding steroid dienone is 5. The number of aliphatic hydroxyl groups is 1. The number of rotatable bonds is 0. The summed E-state index contributed by atoms with van der Waals surface area (Å²) in [6, 6.07) is 0. The van der Waals surface area contributed by atoms with E-state index in [1.54, 1.807) is 0 Å². The minimum atomic E-state index is 0.861. The number of hydrogen-bond donors (Lipinski definition) is 1. The van der Waals surface area contributed by atoms with Crippen LogP contribution < -0.4 is 0 Å². The second-order valence-electron chi connectivity index (χ2n) is 1.35. The predicted molar refractivity (Wildman–Crippen MR) is 29.0 cm³/mol. The lowest BCUT2D eigenvalue weighted by molar-refractivity contribution is 0.471. The van der Waals surface area contributed by atoms with Crippen molar-refractivity contribution in [3.8, 4) is 0 Å². The summed E-state index contributed by atoms with van der Waals surface area (Å²) in [5.41, 5.74) is 0.861. The van der Waals surface area contributed by atoms with Crippen molar-refractivity contribution in [1.82, 2.24) is 0 Å². The summed E-state index contributed by atoms with van der Waals surface area (Å²) in [6.45, 7) is 0. The Morgan fingerprint density at radius 2 is 1.86 bits per heavy atom. The van der Waals surface area contributed by atoms with Crippen molar-refractivity contribution < 1.29 is 5.11 Å². The second kappa shape index (κ2) is 1.65. The molecule has 1 aliphatic carbocycles. The molecule has 36 valence electrons. The Kier molecular flexibility index (Phi) is 0.984. The van der Waals surface area contributed by atoms with E-state index in [0.29, 0.717) is 0 Å². The van der Waals surface area contributed by atoms with E-state index >= 15 is 0 Å². The van der Waals surface area contributed by atoms with E-state index in [2.05, 4.69) is 0 Å². The van der Waals surface area contributed by atoms with Crippen LogP contribution in [0.2, 0.25) is 0 Å². The van der Waals surface area contributed by atoms with Crippen LogP contribution in [0.5, 0.6) is 0 Å². The van der Waals surface area contributed by atoms with Crippen molar-refractivity contribution in [2.45, 2.75) is 0 Å². The molecule has 0 heterocycles. The van der Waals surface area contributed by atoms with Crippen LogP contribution in [0.3, 0.4) is 0 Å². The summed E-state index contributed by atoms with van der Waals surface area (Å²) in [4.78, 5) is 0. The molecular formula is C6H6O. The zero-order valence-electron chi connectivity index (χ0n) is 3.83. The second-order valence-corrected chi connectivity index (χ2v) is 1.35. The van der Waals surface area contributed by atoms with Crippen LogP contribution in [0.15, 0.2) is 36.1 Å². The van der Waals surface area contributed by atoms with E-state index in [9.17, 15) is 0 Å². The molecule has 0 atom stereocenters. The third-order valence-electron chi connectivity index (χ3n) is 0.838. The van der Waals surface area contributed by atoms with Gasteiger partial charge in [-0.05, 0) is 0 Å². The van der Waals surface area contributed by atoms with Gasteiger partial charge in [0, 0.05) is 5.57 Å². The smallest absolute Gasteiger partial charge is 0.0864 e. The highest BCUT2D eigenvalue weighted by molar-refractivity contribution is 5.38. The molecule has 1 aliphatic rings. The lowest BCUT2D eigenvalue weighted by Gasteiger charge is -1.77. The lowest BCUT2D eigenvalue weighted by Crippen LogP contribution is -1.61. The molecule has 0 spiro atoms. The van der Waals surface area contributed by atoms with E-state index in [4.69, 9.17) is 5.11 Å². The first-order chi connectivity index (χ1) is 3.43. The Labute approximate surface area is 42.3 Å². The van der Waals surface area contributed by atoms with Crippen LogP contribution in [0.4, 0.5) is 0 Å². The van der Waals surface area contributed by atoms with Gasteiger partial charge in [0.15, 0.2) is 0 Å². The molecular weight excluding hydrogens is 88.1 g/mol. The molecule has 1 rings (SSSR count). The van der Waals surface area contributed by atoms with Gasteiger partial charge in [-0.25, -0.2) is 0 Å². The molecule has 1 nitrogen and oxygen atoms in total. The first-order valence-electron chi connectivity index (χ1n) is 2.12. The van der Waals surface area contributed by atoms with Crippen molar-refractivity contribution >= 4 is 0 Å². The van der Waals surface area contributed by atoms with Crippen molar-refractivity contribution in [2.24, 2.45) is 0 Å². The zero-order chi connectivity index (χ0) is 5.11. The average molecular weight is 94.1 g/mol. The molecule has 0 unspecified atom stereocenters. The maximum Gasteiger partial charge on any atom is 0.0864 e. The van der Waals surface area contributed by atoms with Gasteiger partial charge in [0.05, 0.1) is 6.26 Å². The highest BCUT2D eigenvalue weighted by atomic mass is 16.2. The van der Waals surface area contributed by atoms with E-state index in [-0.39, 0.29) is 0 Å². The monoisotopic (exact) mass is 94.0 g/mol. The van der Waals surface area contributed by atoms with Crippen LogP contribution in [0.1, 0.15) is 0 Å². The van der Waals surface area contributed by atoms with Crippen molar-refractivity contribution in [1.29, 1.82) is 0 Å². The van der Waals surface area contributed by atoms with Gasteiger partial charge >= 0.3 is 0 Å². The number of aliphatic hydroxyl groups excluding tert-OH is 1. The molecule has 0 aliphatic heterocycles. The Morgan fingerprint density at radius 3 is 2.14 bits per heavy atom. The van der Waals surface area contributed by atoms with Crippen LogP contribution in [0, 0.1) is 0 Å². The van der Waals surface area contributed by atoms with Crippen molar-refractivity contribution in [3.05, 3.63) is 36.1 Å². The summed E-state index contributed by atoms with van der Waals surface area (Å²) in [5, 5.41) is 8.30. The summed E-state index contributed by atoms with van der Waals surface area (Å²) < 4.78 is 0. The SMILES string of the molecule is OC=C1C=CC=C1. The first kappa shape index (κ1) is 4.19. The summed E-state index contributed by atoms with van der Waals surface area (Å²) in [6.07, 6.45) is 8.50. The van der Waals surface area contributed by atoms with Gasteiger partial charge < -0.3 is 5.11 Å². The fourth-order valence-electron chi connectivity index (χ4n) is 0.475. The molecule has 0 radical (unpaired) electrons. The van der Waals surface area contributed by atoms with Crippen LogP contribution >= 0.6 is 0 Å². The minimum absolute atomic E-state index is 0.861. The van der Waals surface area contributed by atoms with E-state index in [0.717, 1.165) is 11.8 Å². The van der Waals surface area contributed by atoms with Gasteiger partial charge in [0.2, 0.25) is 0 Å². The normalized spacial score (nSPS) is 15.7. The van der Waals surface area contributed by atoms with Crippen LogP contribution in [-0.4, -0.2) is 5.11 Å². The molecule has 1 heteroatoms. The predicted octanol–water partition coefficient (Wildman–Crippen LogP) is 1.55. The molecule has 0 aromatic rings. The molecule has 0 fully saturated rings. The van der Waals surface area contributed by atoms with E-state index in [1.807, 2.05) is 24.3 Å². The third kappa shape index (κ3) is 0.712. The van der Waals surface area contributed by atoms with Gasteiger partial charge in [-0.1, -0.05) is 24.3 Å². The van der Waals surface area contributed by atoms with E-state index in [1.165, 1.54) is 0 Å². The molecule has 1 N–H and O–H groups in total. The van der Waals surface area contributed by atoms with Crippen molar-refractivity contribution in [2.75, 3.05) is 0 Å². The molecule has 0 saturated carbocycles. The Morgan fingerprint density at radius 1 is 1.29 bits per heavy atom. The van der Waals surface area contributed by atoms with Gasteiger partial charge in [0.1, 0.15) is 0 Å².